The third-order valence-electron chi connectivity index (χ3n) is 5.38. The molecule has 126 valence electrons. The molecule has 1 saturated carbocycles. The van der Waals surface area contributed by atoms with Gasteiger partial charge in [0, 0.05) is 32.1 Å². The van der Waals surface area contributed by atoms with E-state index >= 15 is 0 Å². The predicted octanol–water partition coefficient (Wildman–Crippen LogP) is 1.76. The first kappa shape index (κ1) is 15.1. The van der Waals surface area contributed by atoms with Crippen LogP contribution >= 0.6 is 0 Å². The van der Waals surface area contributed by atoms with Crippen molar-refractivity contribution in [3.8, 4) is 0 Å². The topological polar surface area (TPSA) is 75.4 Å². The second-order valence-corrected chi connectivity index (χ2v) is 6.77. The average molecular weight is 327 g/mol. The fraction of sp³-hybridized carbons (Fsp3) is 0.529. The molecule has 3 heterocycles. The van der Waals surface area contributed by atoms with Crippen LogP contribution in [0.2, 0.25) is 0 Å². The third kappa shape index (κ3) is 2.53. The number of aryl methyl sites for hydroxylation is 1. The molecule has 1 saturated heterocycles. The van der Waals surface area contributed by atoms with E-state index in [9.17, 15) is 4.79 Å². The number of fused-ring (bicyclic) bond motifs is 1. The molecule has 0 spiro atoms. The summed E-state index contributed by atoms with van der Waals surface area (Å²) in [5.74, 6) is 2.17. The van der Waals surface area contributed by atoms with Crippen LogP contribution in [0.25, 0.3) is 0 Å². The fourth-order valence-electron chi connectivity index (χ4n) is 4.10. The molecule has 2 aliphatic rings. The second kappa shape index (κ2) is 5.89. The summed E-state index contributed by atoms with van der Waals surface area (Å²) in [6.45, 7) is 3.50. The Labute approximate surface area is 140 Å². The van der Waals surface area contributed by atoms with Crippen molar-refractivity contribution in [2.45, 2.75) is 25.8 Å². The van der Waals surface area contributed by atoms with Crippen LogP contribution in [-0.2, 0) is 0 Å². The number of nitrogens with zero attached hydrogens (tertiary/aromatic N) is 5. The van der Waals surface area contributed by atoms with E-state index in [1.807, 2.05) is 18.0 Å². The molecule has 4 rings (SSSR count). The molecule has 0 unspecified atom stereocenters. The van der Waals surface area contributed by atoms with E-state index in [0.29, 0.717) is 23.6 Å². The highest BCUT2D eigenvalue weighted by Gasteiger charge is 2.46. The van der Waals surface area contributed by atoms with E-state index in [4.69, 9.17) is 4.42 Å². The van der Waals surface area contributed by atoms with E-state index in [1.54, 1.807) is 6.20 Å². The molecule has 3 atom stereocenters. The Bertz CT molecular complexity index is 715. The summed E-state index contributed by atoms with van der Waals surface area (Å²) in [6.07, 6.45) is 8.69. The minimum Gasteiger partial charge on any atom is -0.438 e. The number of carbonyl (C=O) groups excluding carboxylic acids is 1. The molecule has 0 radical (unpaired) electrons. The van der Waals surface area contributed by atoms with Crippen molar-refractivity contribution >= 4 is 11.7 Å². The molecule has 0 aromatic carbocycles. The highest BCUT2D eigenvalue weighted by molar-refractivity contribution is 5.91. The first-order valence-electron chi connectivity index (χ1n) is 8.32. The molecule has 1 amide bonds. The SMILES string of the molecule is Cc1cnc(N(C)[C@@H]2CC[C@@H]3CN(C(=O)c4cnco4)C[C@@H]32)cn1. The van der Waals surface area contributed by atoms with Gasteiger partial charge in [0.2, 0.25) is 5.76 Å². The predicted molar refractivity (Wildman–Crippen MR) is 87.6 cm³/mol. The summed E-state index contributed by atoms with van der Waals surface area (Å²) in [4.78, 5) is 29.3. The van der Waals surface area contributed by atoms with Crippen molar-refractivity contribution in [2.24, 2.45) is 11.8 Å². The van der Waals surface area contributed by atoms with E-state index < -0.39 is 0 Å². The van der Waals surface area contributed by atoms with Crippen LogP contribution in [-0.4, -0.2) is 51.9 Å². The summed E-state index contributed by atoms with van der Waals surface area (Å²) in [5, 5.41) is 0. The molecule has 24 heavy (non-hydrogen) atoms. The fourth-order valence-corrected chi connectivity index (χ4v) is 4.10. The Balaban J connectivity index is 1.48. The molecular formula is C17H21N5O2. The largest absolute Gasteiger partial charge is 0.438 e. The zero-order valence-corrected chi connectivity index (χ0v) is 13.9. The first-order valence-corrected chi connectivity index (χ1v) is 8.32. The van der Waals surface area contributed by atoms with Crippen molar-refractivity contribution in [1.29, 1.82) is 0 Å². The van der Waals surface area contributed by atoms with E-state index in [-0.39, 0.29) is 5.91 Å². The van der Waals surface area contributed by atoms with Crippen LogP contribution in [0.15, 0.2) is 29.4 Å². The van der Waals surface area contributed by atoms with Crippen LogP contribution in [0.3, 0.4) is 0 Å². The monoisotopic (exact) mass is 327 g/mol. The zero-order chi connectivity index (χ0) is 16.7. The molecule has 2 fully saturated rings. The summed E-state index contributed by atoms with van der Waals surface area (Å²) in [7, 11) is 2.08. The summed E-state index contributed by atoms with van der Waals surface area (Å²) in [5.41, 5.74) is 0.918. The lowest BCUT2D eigenvalue weighted by atomic mass is 9.97. The van der Waals surface area contributed by atoms with Crippen LogP contribution in [0, 0.1) is 18.8 Å². The lowest BCUT2D eigenvalue weighted by Gasteiger charge is -2.30. The van der Waals surface area contributed by atoms with Gasteiger partial charge in [-0.05, 0) is 25.7 Å². The maximum absolute atomic E-state index is 12.5. The summed E-state index contributed by atoms with van der Waals surface area (Å²) in [6, 6.07) is 0.388. The minimum absolute atomic E-state index is 0.0570. The molecule has 7 heteroatoms. The molecule has 2 aromatic heterocycles. The lowest BCUT2D eigenvalue weighted by molar-refractivity contribution is 0.0747. The van der Waals surface area contributed by atoms with Gasteiger partial charge in [-0.2, -0.15) is 0 Å². The normalized spacial score (nSPS) is 25.8. The molecule has 7 nitrogen and oxygen atoms in total. The van der Waals surface area contributed by atoms with Gasteiger partial charge in [-0.25, -0.2) is 9.97 Å². The number of hydrogen-bond donors (Lipinski definition) is 0. The molecule has 0 bridgehead atoms. The molecule has 0 N–H and O–H groups in total. The number of carbonyl (C=O) groups is 1. The van der Waals surface area contributed by atoms with E-state index in [2.05, 4.69) is 26.9 Å². The maximum atomic E-state index is 12.5. The van der Waals surface area contributed by atoms with Gasteiger partial charge in [-0.15, -0.1) is 0 Å². The van der Waals surface area contributed by atoms with Crippen molar-refractivity contribution in [1.82, 2.24) is 19.9 Å². The highest BCUT2D eigenvalue weighted by atomic mass is 16.3. The van der Waals surface area contributed by atoms with Gasteiger partial charge in [0.05, 0.1) is 24.3 Å². The summed E-state index contributed by atoms with van der Waals surface area (Å²) >= 11 is 0. The van der Waals surface area contributed by atoms with Gasteiger partial charge < -0.3 is 14.2 Å². The Kier molecular flexibility index (Phi) is 3.70. The van der Waals surface area contributed by atoms with Crippen molar-refractivity contribution in [2.75, 3.05) is 25.0 Å². The number of oxazole rings is 1. The molecule has 1 aliphatic carbocycles. The maximum Gasteiger partial charge on any atom is 0.291 e. The number of hydrogen-bond acceptors (Lipinski definition) is 6. The number of anilines is 1. The number of rotatable bonds is 3. The van der Waals surface area contributed by atoms with Gasteiger partial charge in [0.1, 0.15) is 5.82 Å². The third-order valence-corrected chi connectivity index (χ3v) is 5.38. The Morgan fingerprint density at radius 2 is 2.12 bits per heavy atom. The van der Waals surface area contributed by atoms with Crippen molar-refractivity contribution in [3.63, 3.8) is 0 Å². The first-order chi connectivity index (χ1) is 11.6. The van der Waals surface area contributed by atoms with Gasteiger partial charge >= 0.3 is 0 Å². The van der Waals surface area contributed by atoms with Crippen LogP contribution in [0.4, 0.5) is 5.82 Å². The Morgan fingerprint density at radius 3 is 2.83 bits per heavy atom. The molecule has 2 aromatic rings. The average Bonchev–Trinajstić information content (AvgIpc) is 3.31. The minimum atomic E-state index is -0.0570. The number of aromatic nitrogens is 3. The number of likely N-dealkylation sites (tertiary alicyclic amines) is 1. The van der Waals surface area contributed by atoms with Gasteiger partial charge in [-0.1, -0.05) is 0 Å². The van der Waals surface area contributed by atoms with E-state index in [1.165, 1.54) is 12.6 Å². The quantitative estimate of drug-likeness (QED) is 0.855. The van der Waals surface area contributed by atoms with Crippen LogP contribution < -0.4 is 4.90 Å². The van der Waals surface area contributed by atoms with Crippen LogP contribution in [0.1, 0.15) is 29.1 Å². The van der Waals surface area contributed by atoms with Crippen molar-refractivity contribution in [3.05, 3.63) is 36.4 Å². The van der Waals surface area contributed by atoms with Gasteiger partial charge in [0.15, 0.2) is 6.39 Å². The molecular weight excluding hydrogens is 306 g/mol. The second-order valence-electron chi connectivity index (χ2n) is 6.77. The van der Waals surface area contributed by atoms with E-state index in [0.717, 1.165) is 37.4 Å². The molecule has 1 aliphatic heterocycles. The van der Waals surface area contributed by atoms with Gasteiger partial charge in [-0.3, -0.25) is 9.78 Å². The Morgan fingerprint density at radius 1 is 1.25 bits per heavy atom. The highest BCUT2D eigenvalue weighted by Crippen LogP contribution is 2.41. The smallest absolute Gasteiger partial charge is 0.291 e. The standard InChI is InChI=1S/C17H21N5O2/c1-11-5-20-16(7-19-11)21(2)14-4-3-12-8-22(9-13(12)14)17(23)15-6-18-10-24-15/h5-7,10,12-14H,3-4,8-9H2,1-2H3/t12-,13+,14-/m1/s1. The number of amides is 1. The van der Waals surface area contributed by atoms with Crippen molar-refractivity contribution < 1.29 is 9.21 Å². The summed E-state index contributed by atoms with van der Waals surface area (Å²) < 4.78 is 5.15. The Hall–Kier alpha value is -2.44. The van der Waals surface area contributed by atoms with Crippen LogP contribution in [0.5, 0.6) is 0 Å². The van der Waals surface area contributed by atoms with Gasteiger partial charge in [0.25, 0.3) is 5.91 Å². The zero-order valence-electron chi connectivity index (χ0n) is 13.9. The lowest BCUT2D eigenvalue weighted by Crippen LogP contribution is -2.39.